The molecule has 0 heterocycles. The van der Waals surface area contributed by atoms with Crippen LogP contribution in [0.1, 0.15) is 63.5 Å². The second-order valence-electron chi connectivity index (χ2n) is 5.76. The van der Waals surface area contributed by atoms with E-state index in [2.05, 4.69) is 18.3 Å². The predicted octanol–water partition coefficient (Wildman–Crippen LogP) is 5.80. The predicted molar refractivity (Wildman–Crippen MR) is 88.2 cm³/mol. The van der Waals surface area contributed by atoms with E-state index in [0.29, 0.717) is 5.56 Å². The minimum atomic E-state index is -0.282. The van der Waals surface area contributed by atoms with Crippen molar-refractivity contribution in [2.24, 2.45) is 0 Å². The molecule has 0 saturated carbocycles. The van der Waals surface area contributed by atoms with Crippen molar-refractivity contribution in [1.29, 1.82) is 0 Å². The van der Waals surface area contributed by atoms with E-state index in [-0.39, 0.29) is 16.9 Å². The summed E-state index contributed by atoms with van der Waals surface area (Å²) >= 11 is 5.97. The summed E-state index contributed by atoms with van der Waals surface area (Å²) in [5.74, 6) is -0.282. The Morgan fingerprint density at radius 3 is 2.86 bits per heavy atom. The van der Waals surface area contributed by atoms with Crippen molar-refractivity contribution >= 4 is 11.6 Å². The first-order valence-corrected chi connectivity index (χ1v) is 8.48. The van der Waals surface area contributed by atoms with Gasteiger partial charge in [-0.25, -0.2) is 4.39 Å². The fourth-order valence-corrected chi connectivity index (χ4v) is 3.13. The summed E-state index contributed by atoms with van der Waals surface area (Å²) in [6.45, 7) is 3.01. The summed E-state index contributed by atoms with van der Waals surface area (Å²) in [6.07, 6.45) is 10.5. The van der Waals surface area contributed by atoms with E-state index >= 15 is 0 Å². The van der Waals surface area contributed by atoms with Gasteiger partial charge in [0.2, 0.25) is 0 Å². The highest BCUT2D eigenvalue weighted by molar-refractivity contribution is 6.30. The van der Waals surface area contributed by atoms with Crippen LogP contribution >= 0.6 is 11.6 Å². The van der Waals surface area contributed by atoms with Crippen LogP contribution in [-0.2, 0) is 0 Å². The normalized spacial score (nSPS) is 20.2. The van der Waals surface area contributed by atoms with Crippen molar-refractivity contribution in [3.8, 4) is 0 Å². The maximum absolute atomic E-state index is 14.4. The Bertz CT molecular complexity index is 484. The van der Waals surface area contributed by atoms with E-state index in [9.17, 15) is 4.39 Å². The van der Waals surface area contributed by atoms with E-state index in [1.807, 2.05) is 12.1 Å². The summed E-state index contributed by atoms with van der Waals surface area (Å²) < 4.78 is 14.4. The molecular weight excluding hydrogens is 285 g/mol. The molecule has 1 aliphatic rings. The van der Waals surface area contributed by atoms with Crippen molar-refractivity contribution in [1.82, 2.24) is 5.32 Å². The Kier molecular flexibility index (Phi) is 6.72. The van der Waals surface area contributed by atoms with Gasteiger partial charge in [0.1, 0.15) is 5.82 Å². The summed E-state index contributed by atoms with van der Waals surface area (Å²) in [4.78, 5) is 0. The molecule has 1 nitrogen and oxygen atoms in total. The minimum absolute atomic E-state index is 0.0400. The van der Waals surface area contributed by atoms with Gasteiger partial charge in [0.25, 0.3) is 0 Å². The average molecular weight is 310 g/mol. The van der Waals surface area contributed by atoms with Gasteiger partial charge in [0, 0.05) is 5.56 Å². The molecule has 0 bridgehead atoms. The van der Waals surface area contributed by atoms with E-state index in [0.717, 1.165) is 25.8 Å². The Balaban J connectivity index is 2.30. The maximum Gasteiger partial charge on any atom is 0.146 e. The van der Waals surface area contributed by atoms with Crippen LogP contribution in [0, 0.1) is 5.82 Å². The van der Waals surface area contributed by atoms with Crippen LogP contribution in [0.3, 0.4) is 0 Å². The maximum atomic E-state index is 14.4. The Morgan fingerprint density at radius 2 is 2.05 bits per heavy atom. The number of benzene rings is 1. The lowest BCUT2D eigenvalue weighted by atomic mass is 9.90. The highest BCUT2D eigenvalue weighted by Gasteiger charge is 2.21. The molecule has 21 heavy (non-hydrogen) atoms. The quantitative estimate of drug-likeness (QED) is 0.678. The van der Waals surface area contributed by atoms with Gasteiger partial charge >= 0.3 is 0 Å². The van der Waals surface area contributed by atoms with Gasteiger partial charge in [-0.15, -0.1) is 0 Å². The fourth-order valence-electron chi connectivity index (χ4n) is 2.95. The third-order valence-electron chi connectivity index (χ3n) is 4.09. The van der Waals surface area contributed by atoms with Gasteiger partial charge in [0.05, 0.1) is 11.1 Å². The minimum Gasteiger partial charge on any atom is -0.306 e. The van der Waals surface area contributed by atoms with Crippen LogP contribution < -0.4 is 5.32 Å². The van der Waals surface area contributed by atoms with Gasteiger partial charge in [-0.1, -0.05) is 55.1 Å². The van der Waals surface area contributed by atoms with Crippen LogP contribution in [0.2, 0.25) is 5.02 Å². The largest absolute Gasteiger partial charge is 0.306 e. The zero-order valence-electron chi connectivity index (χ0n) is 12.8. The first-order valence-electron chi connectivity index (χ1n) is 8.10. The zero-order chi connectivity index (χ0) is 15.1. The second kappa shape index (κ2) is 8.55. The molecule has 1 unspecified atom stereocenters. The lowest BCUT2D eigenvalue weighted by molar-refractivity contribution is 0.514. The molecule has 0 amide bonds. The zero-order valence-corrected chi connectivity index (χ0v) is 13.6. The van der Waals surface area contributed by atoms with Crippen molar-refractivity contribution < 1.29 is 4.39 Å². The van der Waals surface area contributed by atoms with Gasteiger partial charge in [-0.2, -0.15) is 0 Å². The summed E-state index contributed by atoms with van der Waals surface area (Å²) in [7, 11) is 0. The number of rotatable bonds is 5. The molecule has 0 fully saturated rings. The molecule has 0 spiro atoms. The van der Waals surface area contributed by atoms with Crippen LogP contribution in [0.25, 0.3) is 0 Å². The third-order valence-corrected chi connectivity index (χ3v) is 4.38. The molecule has 1 N–H and O–H groups in total. The second-order valence-corrected chi connectivity index (χ2v) is 6.17. The molecule has 1 atom stereocenters. The first-order chi connectivity index (χ1) is 10.2. The highest BCUT2D eigenvalue weighted by atomic mass is 35.5. The third kappa shape index (κ3) is 4.55. The smallest absolute Gasteiger partial charge is 0.146 e. The monoisotopic (exact) mass is 309 g/mol. The van der Waals surface area contributed by atoms with E-state index in [1.54, 1.807) is 6.07 Å². The topological polar surface area (TPSA) is 12.0 Å². The van der Waals surface area contributed by atoms with Crippen molar-refractivity contribution in [3.63, 3.8) is 0 Å². The molecule has 1 aliphatic carbocycles. The number of hydrogen-bond acceptors (Lipinski definition) is 1. The molecule has 0 saturated heterocycles. The summed E-state index contributed by atoms with van der Waals surface area (Å²) in [6, 6.07) is 5.27. The SMILES string of the molecule is CCCNC(/C1=C/CCCCCC1)c1cccc(Cl)c1F. The molecule has 3 heteroatoms. The first kappa shape index (κ1) is 16.5. The Labute approximate surface area is 132 Å². The summed E-state index contributed by atoms with van der Waals surface area (Å²) in [5.41, 5.74) is 2.01. The van der Waals surface area contributed by atoms with E-state index < -0.39 is 0 Å². The van der Waals surface area contributed by atoms with E-state index in [4.69, 9.17) is 11.6 Å². The number of allylic oxidation sites excluding steroid dienone is 1. The van der Waals surface area contributed by atoms with Crippen molar-refractivity contribution in [2.45, 2.75) is 57.9 Å². The van der Waals surface area contributed by atoms with Crippen molar-refractivity contribution in [2.75, 3.05) is 6.54 Å². The van der Waals surface area contributed by atoms with Crippen LogP contribution in [0.15, 0.2) is 29.8 Å². The molecule has 0 radical (unpaired) electrons. The molecular formula is C18H25ClFN. The molecule has 116 valence electrons. The van der Waals surface area contributed by atoms with Crippen LogP contribution in [0.4, 0.5) is 4.39 Å². The molecule has 0 aliphatic heterocycles. The average Bonchev–Trinajstić information content (AvgIpc) is 2.44. The summed E-state index contributed by atoms with van der Waals surface area (Å²) in [5, 5.41) is 3.72. The van der Waals surface area contributed by atoms with Gasteiger partial charge in [-0.05, 0) is 44.7 Å². The molecule has 2 rings (SSSR count). The van der Waals surface area contributed by atoms with Crippen LogP contribution in [-0.4, -0.2) is 6.54 Å². The lowest BCUT2D eigenvalue weighted by Crippen LogP contribution is -2.25. The number of halogens is 2. The Hall–Kier alpha value is -0.860. The molecule has 1 aromatic rings. The standard InChI is InChI=1S/C18H25ClFN/c1-2-13-21-18(14-9-6-4-3-5-7-10-14)15-11-8-12-16(19)17(15)20/h8-9,11-12,18,21H,2-7,10,13H2,1H3/b14-9+. The van der Waals surface area contributed by atoms with Gasteiger partial charge < -0.3 is 5.32 Å². The fraction of sp³-hybridized carbons (Fsp3) is 0.556. The van der Waals surface area contributed by atoms with Gasteiger partial charge in [0.15, 0.2) is 0 Å². The molecule has 1 aromatic carbocycles. The number of nitrogens with one attached hydrogen (secondary N) is 1. The Morgan fingerprint density at radius 1 is 1.24 bits per heavy atom. The number of hydrogen-bond donors (Lipinski definition) is 1. The van der Waals surface area contributed by atoms with Gasteiger partial charge in [-0.3, -0.25) is 0 Å². The van der Waals surface area contributed by atoms with Crippen LogP contribution in [0.5, 0.6) is 0 Å². The molecule has 0 aromatic heterocycles. The highest BCUT2D eigenvalue weighted by Crippen LogP contribution is 2.32. The van der Waals surface area contributed by atoms with Crippen molar-refractivity contribution in [3.05, 3.63) is 46.3 Å². The lowest BCUT2D eigenvalue weighted by Gasteiger charge is -2.24. The van der Waals surface area contributed by atoms with E-state index in [1.165, 1.54) is 31.3 Å².